The average molecular weight is 299 g/mol. The second-order valence-corrected chi connectivity index (χ2v) is 7.74. The van der Waals surface area contributed by atoms with Crippen LogP contribution in [0.15, 0.2) is 6.07 Å². The molecule has 3 nitrogen and oxygen atoms in total. The summed E-state index contributed by atoms with van der Waals surface area (Å²) in [6, 6.07) is 2.04. The minimum Gasteiger partial charge on any atom is -0.389 e. The molecule has 1 aromatic heterocycles. The predicted molar refractivity (Wildman–Crippen MR) is 82.1 cm³/mol. The molecule has 0 aliphatic carbocycles. The molecular formula is C14H21NO2S2. The highest BCUT2D eigenvalue weighted by molar-refractivity contribution is 7.98. The van der Waals surface area contributed by atoms with Crippen molar-refractivity contribution in [3.63, 3.8) is 0 Å². The van der Waals surface area contributed by atoms with Crippen LogP contribution in [0.3, 0.4) is 0 Å². The summed E-state index contributed by atoms with van der Waals surface area (Å²) in [5.74, 6) is 2.23. The third-order valence-corrected chi connectivity index (χ3v) is 5.32. The van der Waals surface area contributed by atoms with Crippen LogP contribution in [0.2, 0.25) is 0 Å². The SMILES string of the molecule is CCN(CC(C)(C)O)C(=O)c1cc2c(s1)CCSC2. The van der Waals surface area contributed by atoms with Gasteiger partial charge in [0.1, 0.15) is 0 Å². The van der Waals surface area contributed by atoms with Crippen LogP contribution < -0.4 is 0 Å². The maximum Gasteiger partial charge on any atom is 0.264 e. The van der Waals surface area contributed by atoms with E-state index in [1.165, 1.54) is 10.4 Å². The lowest BCUT2D eigenvalue weighted by Gasteiger charge is -2.27. The van der Waals surface area contributed by atoms with E-state index in [4.69, 9.17) is 0 Å². The minimum atomic E-state index is -0.849. The Morgan fingerprint density at radius 3 is 2.84 bits per heavy atom. The molecule has 106 valence electrons. The molecule has 0 bridgehead atoms. The van der Waals surface area contributed by atoms with Crippen LogP contribution in [-0.4, -0.2) is 40.4 Å². The van der Waals surface area contributed by atoms with Gasteiger partial charge >= 0.3 is 0 Å². The lowest BCUT2D eigenvalue weighted by Crippen LogP contribution is -2.41. The van der Waals surface area contributed by atoms with E-state index in [0.29, 0.717) is 13.1 Å². The van der Waals surface area contributed by atoms with Gasteiger partial charge in [-0.1, -0.05) is 0 Å². The molecule has 0 fully saturated rings. The number of hydrogen-bond donors (Lipinski definition) is 1. The van der Waals surface area contributed by atoms with Crippen molar-refractivity contribution in [3.8, 4) is 0 Å². The zero-order valence-corrected chi connectivity index (χ0v) is 13.4. The van der Waals surface area contributed by atoms with Crippen molar-refractivity contribution in [2.75, 3.05) is 18.8 Å². The number of rotatable bonds is 4. The normalized spacial score (nSPS) is 15.2. The summed E-state index contributed by atoms with van der Waals surface area (Å²) in [6.07, 6.45) is 1.08. The van der Waals surface area contributed by atoms with Crippen LogP contribution >= 0.6 is 23.1 Å². The summed E-state index contributed by atoms with van der Waals surface area (Å²) < 4.78 is 0. The lowest BCUT2D eigenvalue weighted by atomic mass is 10.1. The number of thiophene rings is 1. The Kier molecular flexibility index (Phi) is 4.58. The molecule has 0 unspecified atom stereocenters. The third-order valence-electron chi connectivity index (χ3n) is 3.09. The molecule has 2 heterocycles. The summed E-state index contributed by atoms with van der Waals surface area (Å²) in [5.41, 5.74) is 0.474. The van der Waals surface area contributed by atoms with Gasteiger partial charge in [0, 0.05) is 23.7 Å². The quantitative estimate of drug-likeness (QED) is 0.929. The number of aryl methyl sites for hydroxylation is 1. The number of carbonyl (C=O) groups is 1. The van der Waals surface area contributed by atoms with E-state index in [1.54, 1.807) is 30.1 Å². The maximum absolute atomic E-state index is 12.5. The van der Waals surface area contributed by atoms with Gasteiger partial charge in [-0.05, 0) is 44.6 Å². The van der Waals surface area contributed by atoms with E-state index in [0.717, 1.165) is 22.8 Å². The summed E-state index contributed by atoms with van der Waals surface area (Å²) in [4.78, 5) is 16.4. The van der Waals surface area contributed by atoms with Gasteiger partial charge in [0.25, 0.3) is 5.91 Å². The van der Waals surface area contributed by atoms with E-state index >= 15 is 0 Å². The Morgan fingerprint density at radius 2 is 2.26 bits per heavy atom. The fraction of sp³-hybridized carbons (Fsp3) is 0.643. The number of aliphatic hydroxyl groups is 1. The van der Waals surface area contributed by atoms with Crippen molar-refractivity contribution in [2.45, 2.75) is 38.5 Å². The fourth-order valence-electron chi connectivity index (χ4n) is 2.20. The summed E-state index contributed by atoms with van der Waals surface area (Å²) in [7, 11) is 0. The van der Waals surface area contributed by atoms with Crippen LogP contribution in [-0.2, 0) is 12.2 Å². The van der Waals surface area contributed by atoms with Crippen molar-refractivity contribution in [1.29, 1.82) is 0 Å². The zero-order valence-electron chi connectivity index (χ0n) is 11.7. The molecule has 1 N–H and O–H groups in total. The largest absolute Gasteiger partial charge is 0.389 e. The van der Waals surface area contributed by atoms with Crippen molar-refractivity contribution < 1.29 is 9.90 Å². The van der Waals surface area contributed by atoms with Gasteiger partial charge in [-0.25, -0.2) is 0 Å². The molecule has 0 saturated heterocycles. The van der Waals surface area contributed by atoms with Gasteiger partial charge in [0.2, 0.25) is 0 Å². The maximum atomic E-state index is 12.5. The zero-order chi connectivity index (χ0) is 14.0. The first kappa shape index (κ1) is 14.9. The molecular weight excluding hydrogens is 278 g/mol. The molecule has 0 radical (unpaired) electrons. The van der Waals surface area contributed by atoms with E-state index in [2.05, 4.69) is 0 Å². The minimum absolute atomic E-state index is 0.0500. The van der Waals surface area contributed by atoms with Gasteiger partial charge in [-0.15, -0.1) is 11.3 Å². The number of carbonyl (C=O) groups excluding carboxylic acids is 1. The number of hydrogen-bond acceptors (Lipinski definition) is 4. The number of likely N-dealkylation sites (N-methyl/N-ethyl adjacent to an activating group) is 1. The molecule has 1 aromatic rings. The highest BCUT2D eigenvalue weighted by atomic mass is 32.2. The molecule has 1 aliphatic heterocycles. The average Bonchev–Trinajstić information content (AvgIpc) is 2.77. The highest BCUT2D eigenvalue weighted by Crippen LogP contribution is 2.32. The van der Waals surface area contributed by atoms with Gasteiger partial charge < -0.3 is 10.0 Å². The van der Waals surface area contributed by atoms with Gasteiger partial charge in [-0.2, -0.15) is 11.8 Å². The predicted octanol–water partition coefficient (Wildman–Crippen LogP) is 2.77. The molecule has 1 amide bonds. The number of thioether (sulfide) groups is 1. The molecule has 0 aromatic carbocycles. The highest BCUT2D eigenvalue weighted by Gasteiger charge is 2.25. The Bertz CT molecular complexity index is 439. The smallest absolute Gasteiger partial charge is 0.264 e. The Morgan fingerprint density at radius 1 is 1.53 bits per heavy atom. The fourth-order valence-corrected chi connectivity index (χ4v) is 4.54. The van der Waals surface area contributed by atoms with E-state index in [-0.39, 0.29) is 5.91 Å². The third kappa shape index (κ3) is 3.74. The van der Waals surface area contributed by atoms with Gasteiger partial charge in [0.15, 0.2) is 0 Å². The molecule has 0 atom stereocenters. The van der Waals surface area contributed by atoms with Crippen molar-refractivity contribution in [1.82, 2.24) is 4.90 Å². The first-order valence-corrected chi connectivity index (χ1v) is 8.59. The van der Waals surface area contributed by atoms with Crippen LogP contribution in [0.5, 0.6) is 0 Å². The van der Waals surface area contributed by atoms with Gasteiger partial charge in [-0.3, -0.25) is 4.79 Å². The molecule has 19 heavy (non-hydrogen) atoms. The number of nitrogens with zero attached hydrogens (tertiary/aromatic N) is 1. The van der Waals surface area contributed by atoms with E-state index in [1.807, 2.05) is 24.8 Å². The summed E-state index contributed by atoms with van der Waals surface area (Å²) >= 11 is 3.56. The molecule has 0 saturated carbocycles. The number of amides is 1. The number of fused-ring (bicyclic) bond motifs is 1. The topological polar surface area (TPSA) is 40.5 Å². The molecule has 1 aliphatic rings. The first-order valence-electron chi connectivity index (χ1n) is 6.61. The van der Waals surface area contributed by atoms with Crippen LogP contribution in [0.1, 0.15) is 40.9 Å². The van der Waals surface area contributed by atoms with Crippen LogP contribution in [0.4, 0.5) is 0 Å². The van der Waals surface area contributed by atoms with Crippen molar-refractivity contribution in [3.05, 3.63) is 21.4 Å². The molecule has 2 rings (SSSR count). The van der Waals surface area contributed by atoms with Gasteiger partial charge in [0.05, 0.1) is 10.5 Å². The van der Waals surface area contributed by atoms with Crippen LogP contribution in [0, 0.1) is 0 Å². The summed E-state index contributed by atoms with van der Waals surface area (Å²) in [5, 5.41) is 9.88. The van der Waals surface area contributed by atoms with Crippen molar-refractivity contribution >= 4 is 29.0 Å². The second-order valence-electron chi connectivity index (χ2n) is 5.49. The van der Waals surface area contributed by atoms with E-state index < -0.39 is 5.60 Å². The Labute approximate surface area is 123 Å². The Balaban J connectivity index is 2.15. The molecule has 5 heteroatoms. The monoisotopic (exact) mass is 299 g/mol. The first-order chi connectivity index (χ1) is 8.90. The molecule has 0 spiro atoms. The second kappa shape index (κ2) is 5.85. The van der Waals surface area contributed by atoms with Crippen LogP contribution in [0.25, 0.3) is 0 Å². The lowest BCUT2D eigenvalue weighted by molar-refractivity contribution is 0.0317. The van der Waals surface area contributed by atoms with E-state index in [9.17, 15) is 9.90 Å². The standard InChI is InChI=1S/C14H21NO2S2/c1-4-15(9-14(2,3)17)13(16)12-7-10-8-18-6-5-11(10)19-12/h7,17H,4-6,8-9H2,1-3H3. The summed E-state index contributed by atoms with van der Waals surface area (Å²) in [6.45, 7) is 6.42. The Hall–Kier alpha value is -0.520. The van der Waals surface area contributed by atoms with Crippen molar-refractivity contribution in [2.24, 2.45) is 0 Å².